The first-order chi connectivity index (χ1) is 12.2. The van der Waals surface area contributed by atoms with Gasteiger partial charge in [-0.25, -0.2) is 4.39 Å². The van der Waals surface area contributed by atoms with Crippen molar-refractivity contribution in [2.24, 2.45) is 0 Å². The highest BCUT2D eigenvalue weighted by atomic mass is 35.5. The van der Waals surface area contributed by atoms with E-state index in [4.69, 9.17) is 11.6 Å². The van der Waals surface area contributed by atoms with Gasteiger partial charge in [0.25, 0.3) is 0 Å². The second-order valence-corrected chi connectivity index (χ2v) is 7.06. The molecular weight excluding hydrogens is 337 g/mol. The largest absolute Gasteiger partial charge is 0.299 e. The van der Waals surface area contributed by atoms with Gasteiger partial charge in [0.05, 0.1) is 0 Å². The molecular formula is C20H25ClFN3. The summed E-state index contributed by atoms with van der Waals surface area (Å²) in [7, 11) is 0. The Balaban J connectivity index is 1.78. The number of halogens is 2. The predicted octanol–water partition coefficient (Wildman–Crippen LogP) is 4.36. The summed E-state index contributed by atoms with van der Waals surface area (Å²) >= 11 is 6.26. The van der Waals surface area contributed by atoms with E-state index in [1.165, 1.54) is 18.9 Å². The zero-order valence-corrected chi connectivity index (χ0v) is 15.4. The predicted molar refractivity (Wildman–Crippen MR) is 100 cm³/mol. The molecule has 0 bridgehead atoms. The van der Waals surface area contributed by atoms with Crippen molar-refractivity contribution in [1.29, 1.82) is 0 Å². The number of rotatable bonds is 7. The lowest BCUT2D eigenvalue weighted by atomic mass is 10.1. The molecule has 0 radical (unpaired) electrons. The Kier molecular flexibility index (Phi) is 6.40. The summed E-state index contributed by atoms with van der Waals surface area (Å²) in [6.45, 7) is 6.58. The van der Waals surface area contributed by atoms with Crippen LogP contribution in [0.3, 0.4) is 0 Å². The van der Waals surface area contributed by atoms with Crippen LogP contribution < -0.4 is 0 Å². The second kappa shape index (κ2) is 8.75. The van der Waals surface area contributed by atoms with Crippen LogP contribution in [0.4, 0.5) is 4.39 Å². The quantitative estimate of drug-likeness (QED) is 0.730. The van der Waals surface area contributed by atoms with Gasteiger partial charge in [0.2, 0.25) is 0 Å². The molecule has 5 heteroatoms. The molecule has 1 fully saturated rings. The minimum absolute atomic E-state index is 0.234. The normalized spacial score (nSPS) is 18.2. The maximum Gasteiger partial charge on any atom is 0.129 e. The Morgan fingerprint density at radius 3 is 2.88 bits per heavy atom. The molecule has 3 rings (SSSR count). The smallest absolute Gasteiger partial charge is 0.129 e. The molecule has 2 heterocycles. The molecule has 1 atom stereocenters. The SMILES string of the molecule is CCN1CCC[C@H]1CN(Cc1cccnc1)Cc1c(F)cccc1Cl. The van der Waals surface area contributed by atoms with E-state index in [0.29, 0.717) is 23.2 Å². The summed E-state index contributed by atoms with van der Waals surface area (Å²) in [5, 5.41) is 0.495. The van der Waals surface area contributed by atoms with Crippen LogP contribution in [0.25, 0.3) is 0 Å². The van der Waals surface area contributed by atoms with Gasteiger partial charge in [-0.3, -0.25) is 14.8 Å². The van der Waals surface area contributed by atoms with Crippen molar-refractivity contribution in [3.63, 3.8) is 0 Å². The van der Waals surface area contributed by atoms with Gasteiger partial charge in [-0.15, -0.1) is 0 Å². The van der Waals surface area contributed by atoms with Crippen LogP contribution in [-0.4, -0.2) is 40.5 Å². The second-order valence-electron chi connectivity index (χ2n) is 6.66. The molecule has 25 heavy (non-hydrogen) atoms. The summed E-state index contributed by atoms with van der Waals surface area (Å²) < 4.78 is 14.3. The maximum absolute atomic E-state index is 14.3. The first-order valence-corrected chi connectivity index (χ1v) is 9.33. The van der Waals surface area contributed by atoms with E-state index in [0.717, 1.165) is 31.7 Å². The zero-order valence-electron chi connectivity index (χ0n) is 14.7. The van der Waals surface area contributed by atoms with Crippen molar-refractivity contribution in [1.82, 2.24) is 14.8 Å². The minimum Gasteiger partial charge on any atom is -0.299 e. The minimum atomic E-state index is -0.234. The van der Waals surface area contributed by atoms with Gasteiger partial charge < -0.3 is 0 Å². The van der Waals surface area contributed by atoms with Gasteiger partial charge in [0.1, 0.15) is 5.82 Å². The Labute approximate surface area is 154 Å². The van der Waals surface area contributed by atoms with Crippen LogP contribution in [0.1, 0.15) is 30.9 Å². The molecule has 0 N–H and O–H groups in total. The van der Waals surface area contributed by atoms with Gasteiger partial charge in [0, 0.05) is 48.7 Å². The Hall–Kier alpha value is -1.49. The van der Waals surface area contributed by atoms with E-state index in [1.807, 2.05) is 12.3 Å². The van der Waals surface area contributed by atoms with Crippen molar-refractivity contribution < 1.29 is 4.39 Å². The van der Waals surface area contributed by atoms with Crippen LogP contribution >= 0.6 is 11.6 Å². The van der Waals surface area contributed by atoms with Crippen molar-refractivity contribution in [2.45, 2.75) is 38.9 Å². The Morgan fingerprint density at radius 1 is 1.28 bits per heavy atom. The number of hydrogen-bond acceptors (Lipinski definition) is 3. The number of benzene rings is 1. The van der Waals surface area contributed by atoms with Crippen LogP contribution in [0, 0.1) is 5.82 Å². The van der Waals surface area contributed by atoms with E-state index in [-0.39, 0.29) is 5.82 Å². The van der Waals surface area contributed by atoms with Crippen LogP contribution in [0.5, 0.6) is 0 Å². The lowest BCUT2D eigenvalue weighted by molar-refractivity contribution is 0.164. The van der Waals surface area contributed by atoms with E-state index < -0.39 is 0 Å². The molecule has 1 saturated heterocycles. The van der Waals surface area contributed by atoms with E-state index >= 15 is 0 Å². The van der Waals surface area contributed by atoms with Crippen LogP contribution in [-0.2, 0) is 13.1 Å². The first kappa shape index (κ1) is 18.3. The van der Waals surface area contributed by atoms with Gasteiger partial charge in [-0.1, -0.05) is 30.7 Å². The summed E-state index contributed by atoms with van der Waals surface area (Å²) in [6, 6.07) is 9.43. The number of likely N-dealkylation sites (N-methyl/N-ethyl adjacent to an activating group) is 1. The number of hydrogen-bond donors (Lipinski definition) is 0. The van der Waals surface area contributed by atoms with Crippen LogP contribution in [0.2, 0.25) is 5.02 Å². The third kappa shape index (κ3) is 4.78. The summed E-state index contributed by atoms with van der Waals surface area (Å²) in [5.41, 5.74) is 1.71. The molecule has 0 saturated carbocycles. The summed E-state index contributed by atoms with van der Waals surface area (Å²) in [5.74, 6) is -0.234. The van der Waals surface area contributed by atoms with Crippen LogP contribution in [0.15, 0.2) is 42.7 Å². The lowest BCUT2D eigenvalue weighted by Crippen LogP contribution is -2.40. The van der Waals surface area contributed by atoms with E-state index in [9.17, 15) is 4.39 Å². The number of nitrogens with zero attached hydrogens (tertiary/aromatic N) is 3. The third-order valence-electron chi connectivity index (χ3n) is 4.95. The average Bonchev–Trinajstić information content (AvgIpc) is 3.06. The van der Waals surface area contributed by atoms with Crippen molar-refractivity contribution in [2.75, 3.05) is 19.6 Å². The summed E-state index contributed by atoms with van der Waals surface area (Å²) in [4.78, 5) is 9.01. The van der Waals surface area contributed by atoms with E-state index in [1.54, 1.807) is 18.3 Å². The standard InChI is InChI=1S/C20H25ClFN3/c1-2-25-11-5-7-17(25)14-24(13-16-6-4-10-23-12-16)15-18-19(21)8-3-9-20(18)22/h3-4,6,8-10,12,17H,2,5,7,11,13-15H2,1H3/t17-/m0/s1. The third-order valence-corrected chi connectivity index (χ3v) is 5.30. The number of pyridine rings is 1. The molecule has 0 unspecified atom stereocenters. The molecule has 0 spiro atoms. The molecule has 1 aliphatic rings. The zero-order chi connectivity index (χ0) is 17.6. The van der Waals surface area contributed by atoms with Gasteiger partial charge in [0.15, 0.2) is 0 Å². The Morgan fingerprint density at radius 2 is 2.16 bits per heavy atom. The Bertz CT molecular complexity index is 660. The molecule has 1 aliphatic heterocycles. The van der Waals surface area contributed by atoms with Gasteiger partial charge in [-0.05, 0) is 49.7 Å². The fraction of sp³-hybridized carbons (Fsp3) is 0.450. The fourth-order valence-corrected chi connectivity index (χ4v) is 3.88. The van der Waals surface area contributed by atoms with Crippen molar-refractivity contribution in [3.05, 3.63) is 64.7 Å². The number of likely N-dealkylation sites (tertiary alicyclic amines) is 1. The highest BCUT2D eigenvalue weighted by molar-refractivity contribution is 6.31. The number of aromatic nitrogens is 1. The molecule has 0 amide bonds. The van der Waals surface area contributed by atoms with Gasteiger partial charge in [-0.2, -0.15) is 0 Å². The molecule has 2 aromatic rings. The summed E-state index contributed by atoms with van der Waals surface area (Å²) in [6.07, 6.45) is 6.08. The van der Waals surface area contributed by atoms with Crippen molar-refractivity contribution >= 4 is 11.6 Å². The fourth-order valence-electron chi connectivity index (χ4n) is 3.66. The average molecular weight is 362 g/mol. The molecule has 134 valence electrons. The molecule has 1 aromatic carbocycles. The molecule has 0 aliphatic carbocycles. The monoisotopic (exact) mass is 361 g/mol. The molecule has 3 nitrogen and oxygen atoms in total. The topological polar surface area (TPSA) is 19.4 Å². The molecule has 1 aromatic heterocycles. The highest BCUT2D eigenvalue weighted by Crippen LogP contribution is 2.24. The highest BCUT2D eigenvalue weighted by Gasteiger charge is 2.26. The van der Waals surface area contributed by atoms with Crippen molar-refractivity contribution in [3.8, 4) is 0 Å². The van der Waals surface area contributed by atoms with Gasteiger partial charge >= 0.3 is 0 Å². The first-order valence-electron chi connectivity index (χ1n) is 8.95. The van der Waals surface area contributed by atoms with E-state index in [2.05, 4.69) is 27.8 Å². The lowest BCUT2D eigenvalue weighted by Gasteiger charge is -2.30. The maximum atomic E-state index is 14.3.